The maximum atomic E-state index is 13.0. The monoisotopic (exact) mass is 393 g/mol. The number of amides is 2. The second-order valence-corrected chi connectivity index (χ2v) is 7.88. The maximum absolute atomic E-state index is 13.0. The Balaban J connectivity index is 1.42. The predicted molar refractivity (Wildman–Crippen MR) is 111 cm³/mol. The van der Waals surface area contributed by atoms with Gasteiger partial charge in [-0.2, -0.15) is 0 Å². The summed E-state index contributed by atoms with van der Waals surface area (Å²) in [5.41, 5.74) is 0.594. The van der Waals surface area contributed by atoms with Crippen molar-refractivity contribution < 1.29 is 14.3 Å². The highest BCUT2D eigenvalue weighted by Crippen LogP contribution is 2.31. The summed E-state index contributed by atoms with van der Waals surface area (Å²) in [5.74, 6) is 1.61. The van der Waals surface area contributed by atoms with E-state index in [0.29, 0.717) is 42.5 Å². The van der Waals surface area contributed by atoms with E-state index in [4.69, 9.17) is 4.74 Å². The van der Waals surface area contributed by atoms with Crippen LogP contribution in [-0.2, 0) is 9.59 Å². The van der Waals surface area contributed by atoms with E-state index in [1.54, 1.807) is 29.4 Å². The van der Waals surface area contributed by atoms with Crippen molar-refractivity contribution in [3.05, 3.63) is 48.8 Å². The molecule has 6 nitrogen and oxygen atoms in total. The van der Waals surface area contributed by atoms with Crippen LogP contribution in [0.25, 0.3) is 0 Å². The van der Waals surface area contributed by atoms with Gasteiger partial charge in [-0.1, -0.05) is 25.0 Å². The van der Waals surface area contributed by atoms with E-state index in [2.05, 4.69) is 10.3 Å². The highest BCUT2D eigenvalue weighted by Gasteiger charge is 2.35. The van der Waals surface area contributed by atoms with Gasteiger partial charge in [0.25, 0.3) is 0 Å². The first kappa shape index (κ1) is 19.4. The van der Waals surface area contributed by atoms with Gasteiger partial charge >= 0.3 is 0 Å². The third-order valence-electron chi connectivity index (χ3n) is 5.82. The van der Waals surface area contributed by atoms with E-state index in [0.717, 1.165) is 19.3 Å². The zero-order chi connectivity index (χ0) is 20.1. The molecule has 1 saturated carbocycles. The highest BCUT2D eigenvalue weighted by molar-refractivity contribution is 5.98. The Hall–Kier alpha value is -2.89. The molecular weight excluding hydrogens is 366 g/mol. The number of carbonyl (C=O) groups excluding carboxylic acids is 2. The molecule has 1 N–H and O–H groups in total. The fourth-order valence-corrected chi connectivity index (χ4v) is 4.33. The third kappa shape index (κ3) is 4.75. The van der Waals surface area contributed by atoms with Gasteiger partial charge in [0, 0.05) is 19.2 Å². The molecule has 1 saturated heterocycles. The molecule has 2 amide bonds. The molecule has 2 fully saturated rings. The molecular formula is C23H27N3O3. The molecule has 1 aromatic heterocycles. The van der Waals surface area contributed by atoms with Crippen LogP contribution in [0.5, 0.6) is 11.5 Å². The quantitative estimate of drug-likeness (QED) is 0.790. The number of anilines is 1. The van der Waals surface area contributed by atoms with E-state index in [9.17, 15) is 9.59 Å². The molecule has 1 aliphatic carbocycles. The number of carbonyl (C=O) groups is 2. The van der Waals surface area contributed by atoms with E-state index in [-0.39, 0.29) is 11.8 Å². The van der Waals surface area contributed by atoms with Crippen molar-refractivity contribution in [2.75, 3.05) is 11.9 Å². The van der Waals surface area contributed by atoms with E-state index in [1.807, 2.05) is 24.3 Å². The molecule has 4 rings (SSSR count). The van der Waals surface area contributed by atoms with Gasteiger partial charge in [0.2, 0.25) is 11.8 Å². The molecule has 2 heterocycles. The highest BCUT2D eigenvalue weighted by atomic mass is 16.5. The molecule has 2 aromatic rings. The Bertz CT molecular complexity index is 849. The Morgan fingerprint density at radius 2 is 1.90 bits per heavy atom. The summed E-state index contributed by atoms with van der Waals surface area (Å²) >= 11 is 0. The summed E-state index contributed by atoms with van der Waals surface area (Å²) in [6.45, 7) is 0.664. The molecule has 0 radical (unpaired) electrons. The number of hydrogen-bond donors (Lipinski definition) is 1. The number of nitrogens with one attached hydrogen (secondary N) is 1. The van der Waals surface area contributed by atoms with E-state index < -0.39 is 6.04 Å². The average Bonchev–Trinajstić information content (AvgIpc) is 3.42. The van der Waals surface area contributed by atoms with Crippen molar-refractivity contribution in [1.82, 2.24) is 9.88 Å². The third-order valence-corrected chi connectivity index (χ3v) is 5.82. The van der Waals surface area contributed by atoms with Crippen LogP contribution in [0.4, 0.5) is 5.69 Å². The lowest BCUT2D eigenvalue weighted by Gasteiger charge is -2.25. The van der Waals surface area contributed by atoms with Crippen LogP contribution in [0.1, 0.15) is 44.9 Å². The Labute approximate surface area is 171 Å². The van der Waals surface area contributed by atoms with Crippen LogP contribution < -0.4 is 10.1 Å². The summed E-state index contributed by atoms with van der Waals surface area (Å²) in [6.07, 6.45) is 10.1. The van der Waals surface area contributed by atoms with Crippen molar-refractivity contribution in [2.45, 2.75) is 51.0 Å². The lowest BCUT2D eigenvalue weighted by atomic mass is 10.0. The zero-order valence-corrected chi connectivity index (χ0v) is 16.5. The number of para-hydroxylation sites is 2. The number of pyridine rings is 1. The smallest absolute Gasteiger partial charge is 0.247 e. The van der Waals surface area contributed by atoms with Gasteiger partial charge in [-0.3, -0.25) is 14.6 Å². The molecule has 0 spiro atoms. The van der Waals surface area contributed by atoms with Crippen LogP contribution in [-0.4, -0.2) is 34.3 Å². The first-order valence-electron chi connectivity index (χ1n) is 10.5. The fraction of sp³-hybridized carbons (Fsp3) is 0.435. The predicted octanol–water partition coefficient (Wildman–Crippen LogP) is 4.38. The number of ether oxygens (including phenoxy) is 1. The summed E-state index contributed by atoms with van der Waals surface area (Å²) in [4.78, 5) is 31.6. The van der Waals surface area contributed by atoms with Crippen LogP contribution in [0.2, 0.25) is 0 Å². The topological polar surface area (TPSA) is 71.5 Å². The first-order valence-corrected chi connectivity index (χ1v) is 10.5. The Morgan fingerprint density at radius 3 is 2.69 bits per heavy atom. The minimum atomic E-state index is -0.407. The summed E-state index contributed by atoms with van der Waals surface area (Å²) in [6, 6.07) is 10.5. The van der Waals surface area contributed by atoms with Crippen molar-refractivity contribution in [3.8, 4) is 11.5 Å². The van der Waals surface area contributed by atoms with Crippen LogP contribution in [0, 0.1) is 5.92 Å². The first-order chi connectivity index (χ1) is 14.2. The summed E-state index contributed by atoms with van der Waals surface area (Å²) in [5, 5.41) is 2.97. The number of likely N-dealkylation sites (tertiary alicyclic amines) is 1. The molecule has 1 aromatic carbocycles. The van der Waals surface area contributed by atoms with Gasteiger partial charge in [-0.05, 0) is 55.9 Å². The minimum absolute atomic E-state index is 0.120. The zero-order valence-electron chi connectivity index (χ0n) is 16.5. The second-order valence-electron chi connectivity index (χ2n) is 7.88. The van der Waals surface area contributed by atoms with Crippen molar-refractivity contribution in [3.63, 3.8) is 0 Å². The maximum Gasteiger partial charge on any atom is 0.247 e. The average molecular weight is 393 g/mol. The van der Waals surface area contributed by atoms with Gasteiger partial charge < -0.3 is 15.0 Å². The molecule has 6 heteroatoms. The van der Waals surface area contributed by atoms with E-state index >= 15 is 0 Å². The lowest BCUT2D eigenvalue weighted by molar-refractivity contribution is -0.137. The molecule has 1 atom stereocenters. The van der Waals surface area contributed by atoms with Crippen LogP contribution in [0.15, 0.2) is 48.8 Å². The van der Waals surface area contributed by atoms with Crippen molar-refractivity contribution in [1.29, 1.82) is 0 Å². The molecule has 152 valence electrons. The Kier molecular flexibility index (Phi) is 6.08. The molecule has 1 aliphatic heterocycles. The number of nitrogens with zero attached hydrogens (tertiary/aromatic N) is 2. The number of rotatable bonds is 6. The molecule has 0 bridgehead atoms. The number of hydrogen-bond acceptors (Lipinski definition) is 4. The van der Waals surface area contributed by atoms with Gasteiger partial charge in [0.15, 0.2) is 5.75 Å². The van der Waals surface area contributed by atoms with Gasteiger partial charge in [0.1, 0.15) is 11.8 Å². The molecule has 0 unspecified atom stereocenters. The lowest BCUT2D eigenvalue weighted by Crippen LogP contribution is -2.43. The second kappa shape index (κ2) is 9.07. The summed E-state index contributed by atoms with van der Waals surface area (Å²) < 4.78 is 5.88. The van der Waals surface area contributed by atoms with Gasteiger partial charge in [0.05, 0.1) is 11.9 Å². The standard InChI is InChI=1S/C23H27N3O3/c27-22(15-17-7-1-2-8-17)26-14-6-11-20(26)23(28)25-19-10-3-4-12-21(19)29-18-9-5-13-24-16-18/h3-5,9-10,12-13,16-17,20H,1-2,6-8,11,14-15H2,(H,25,28)/t20-/m0/s1. The van der Waals surface area contributed by atoms with Crippen LogP contribution in [0.3, 0.4) is 0 Å². The number of aromatic nitrogens is 1. The van der Waals surface area contributed by atoms with Crippen molar-refractivity contribution in [2.24, 2.45) is 5.92 Å². The number of benzene rings is 1. The van der Waals surface area contributed by atoms with Gasteiger partial charge in [-0.15, -0.1) is 0 Å². The van der Waals surface area contributed by atoms with Gasteiger partial charge in [-0.25, -0.2) is 0 Å². The SMILES string of the molecule is O=C(Nc1ccccc1Oc1cccnc1)[C@@H]1CCCN1C(=O)CC1CCCC1. The Morgan fingerprint density at radius 1 is 1.07 bits per heavy atom. The minimum Gasteiger partial charge on any atom is -0.454 e. The molecule has 29 heavy (non-hydrogen) atoms. The largest absolute Gasteiger partial charge is 0.454 e. The fourth-order valence-electron chi connectivity index (χ4n) is 4.33. The van der Waals surface area contributed by atoms with E-state index in [1.165, 1.54) is 12.8 Å². The summed E-state index contributed by atoms with van der Waals surface area (Å²) in [7, 11) is 0. The van der Waals surface area contributed by atoms with Crippen molar-refractivity contribution >= 4 is 17.5 Å². The van der Waals surface area contributed by atoms with Crippen LogP contribution >= 0.6 is 0 Å². The normalized spacial score (nSPS) is 19.3. The molecule has 2 aliphatic rings.